The smallest absolute Gasteiger partial charge is 0.339 e. The number of hydrogen-bond acceptors (Lipinski definition) is 4. The van der Waals surface area contributed by atoms with E-state index in [1.54, 1.807) is 18.3 Å². The number of carboxylic acid groups (broad SMARTS) is 1. The molecule has 5 nitrogen and oxygen atoms in total. The fourth-order valence-electron chi connectivity index (χ4n) is 1.81. The minimum absolute atomic E-state index is 0.0814. The van der Waals surface area contributed by atoms with Gasteiger partial charge in [0.15, 0.2) is 0 Å². The van der Waals surface area contributed by atoms with E-state index in [4.69, 9.17) is 9.52 Å². The molecule has 0 saturated carbocycles. The number of carboxylic acids is 1. The van der Waals surface area contributed by atoms with Gasteiger partial charge in [0.1, 0.15) is 17.1 Å². The Morgan fingerprint density at radius 2 is 2.25 bits per heavy atom. The molecule has 0 aliphatic carbocycles. The van der Waals surface area contributed by atoms with Gasteiger partial charge in [-0.2, -0.15) is 11.3 Å². The number of carbonyl (C=O) groups excluding carboxylic acids is 1. The van der Waals surface area contributed by atoms with Crippen molar-refractivity contribution in [2.45, 2.75) is 26.3 Å². The van der Waals surface area contributed by atoms with Crippen LogP contribution in [0.2, 0.25) is 0 Å². The first-order valence-corrected chi connectivity index (χ1v) is 7.11. The standard InChI is InChI=1S/C14H15NO4S/c1-9-12(14(17)18)6-11(19-9)7-15-13(16)3-2-10-4-5-20-8-10/h4-6,8H,2-3,7H2,1H3,(H,15,16)(H,17,18). The second-order valence-corrected chi connectivity index (χ2v) is 5.18. The molecule has 2 N–H and O–H groups in total. The molecule has 0 aliphatic rings. The summed E-state index contributed by atoms with van der Waals surface area (Å²) in [5.41, 5.74) is 1.28. The monoisotopic (exact) mass is 293 g/mol. The molecule has 0 bridgehead atoms. The lowest BCUT2D eigenvalue weighted by molar-refractivity contribution is -0.121. The number of aromatic carboxylic acids is 1. The molecule has 0 aliphatic heterocycles. The average molecular weight is 293 g/mol. The number of amides is 1. The van der Waals surface area contributed by atoms with Gasteiger partial charge in [-0.15, -0.1) is 0 Å². The van der Waals surface area contributed by atoms with Crippen LogP contribution in [0, 0.1) is 6.92 Å². The third-order valence-electron chi connectivity index (χ3n) is 2.88. The Kier molecular flexibility index (Phi) is 4.57. The number of thiophene rings is 1. The zero-order chi connectivity index (χ0) is 14.5. The Bertz CT molecular complexity index is 601. The highest BCUT2D eigenvalue weighted by Crippen LogP contribution is 2.14. The highest BCUT2D eigenvalue weighted by molar-refractivity contribution is 7.07. The molecule has 1 amide bonds. The largest absolute Gasteiger partial charge is 0.478 e. The van der Waals surface area contributed by atoms with Crippen molar-refractivity contribution in [3.05, 3.63) is 45.5 Å². The van der Waals surface area contributed by atoms with Crippen LogP contribution in [0.15, 0.2) is 27.3 Å². The predicted molar refractivity (Wildman–Crippen MR) is 74.9 cm³/mol. The van der Waals surface area contributed by atoms with E-state index in [2.05, 4.69) is 5.32 Å². The lowest BCUT2D eigenvalue weighted by Gasteiger charge is -2.02. The summed E-state index contributed by atoms with van der Waals surface area (Å²) in [6.07, 6.45) is 1.11. The summed E-state index contributed by atoms with van der Waals surface area (Å²) in [5.74, 6) is -0.313. The molecule has 0 saturated heterocycles. The maximum Gasteiger partial charge on any atom is 0.339 e. The van der Waals surface area contributed by atoms with Crippen LogP contribution in [0.5, 0.6) is 0 Å². The first-order valence-electron chi connectivity index (χ1n) is 6.16. The van der Waals surface area contributed by atoms with Crippen molar-refractivity contribution >= 4 is 23.2 Å². The van der Waals surface area contributed by atoms with Crippen LogP contribution in [-0.4, -0.2) is 17.0 Å². The average Bonchev–Trinajstić information content (AvgIpc) is 3.03. The molecule has 2 aromatic rings. The first kappa shape index (κ1) is 14.3. The fraction of sp³-hybridized carbons (Fsp3) is 0.286. The number of carbonyl (C=O) groups is 2. The van der Waals surface area contributed by atoms with Gasteiger partial charge >= 0.3 is 5.97 Å². The maximum absolute atomic E-state index is 11.7. The zero-order valence-corrected chi connectivity index (χ0v) is 11.8. The number of aryl methyl sites for hydroxylation is 2. The summed E-state index contributed by atoms with van der Waals surface area (Å²) < 4.78 is 5.28. The molecule has 0 spiro atoms. The van der Waals surface area contributed by atoms with Gasteiger partial charge in [0.25, 0.3) is 0 Å². The molecule has 2 aromatic heterocycles. The van der Waals surface area contributed by atoms with E-state index in [-0.39, 0.29) is 18.0 Å². The van der Waals surface area contributed by atoms with Crippen molar-refractivity contribution in [3.8, 4) is 0 Å². The lowest BCUT2D eigenvalue weighted by atomic mass is 10.2. The van der Waals surface area contributed by atoms with Crippen LogP contribution in [0.1, 0.15) is 33.9 Å². The summed E-state index contributed by atoms with van der Waals surface area (Å²) in [4.78, 5) is 22.5. The second kappa shape index (κ2) is 6.38. The van der Waals surface area contributed by atoms with Crippen molar-refractivity contribution in [2.75, 3.05) is 0 Å². The van der Waals surface area contributed by atoms with Gasteiger partial charge < -0.3 is 14.8 Å². The predicted octanol–water partition coefficient (Wildman–Crippen LogP) is 2.60. The van der Waals surface area contributed by atoms with Gasteiger partial charge in [-0.05, 0) is 41.8 Å². The third-order valence-corrected chi connectivity index (χ3v) is 3.61. The summed E-state index contributed by atoms with van der Waals surface area (Å²) in [7, 11) is 0. The molecular formula is C14H15NO4S. The van der Waals surface area contributed by atoms with Gasteiger partial charge in [-0.3, -0.25) is 4.79 Å². The van der Waals surface area contributed by atoms with Crippen LogP contribution < -0.4 is 5.32 Å². The zero-order valence-electron chi connectivity index (χ0n) is 11.0. The highest BCUT2D eigenvalue weighted by atomic mass is 32.1. The molecule has 0 aromatic carbocycles. The Balaban J connectivity index is 1.81. The van der Waals surface area contributed by atoms with Gasteiger partial charge in [0.2, 0.25) is 5.91 Å². The molecule has 0 unspecified atom stereocenters. The lowest BCUT2D eigenvalue weighted by Crippen LogP contribution is -2.22. The molecule has 0 radical (unpaired) electrons. The molecule has 2 heterocycles. The molecule has 2 rings (SSSR count). The first-order chi connectivity index (χ1) is 9.56. The van der Waals surface area contributed by atoms with E-state index >= 15 is 0 Å². The van der Waals surface area contributed by atoms with E-state index in [0.29, 0.717) is 24.4 Å². The summed E-state index contributed by atoms with van der Waals surface area (Å²) >= 11 is 1.61. The van der Waals surface area contributed by atoms with Crippen LogP contribution in [-0.2, 0) is 17.8 Å². The normalized spacial score (nSPS) is 10.4. The number of hydrogen-bond donors (Lipinski definition) is 2. The van der Waals surface area contributed by atoms with Crippen molar-refractivity contribution in [1.82, 2.24) is 5.32 Å². The molecule has 106 valence electrons. The molecule has 20 heavy (non-hydrogen) atoms. The molecule has 6 heteroatoms. The van der Waals surface area contributed by atoms with Crippen LogP contribution >= 0.6 is 11.3 Å². The van der Waals surface area contributed by atoms with Gasteiger partial charge in [-0.1, -0.05) is 0 Å². The number of furan rings is 1. The van der Waals surface area contributed by atoms with Crippen molar-refractivity contribution in [3.63, 3.8) is 0 Å². The Labute approximate surface area is 120 Å². The minimum atomic E-state index is -1.03. The Morgan fingerprint density at radius 1 is 1.45 bits per heavy atom. The number of nitrogens with one attached hydrogen (secondary N) is 1. The minimum Gasteiger partial charge on any atom is -0.478 e. The topological polar surface area (TPSA) is 79.5 Å². The highest BCUT2D eigenvalue weighted by Gasteiger charge is 2.14. The SMILES string of the molecule is Cc1oc(CNC(=O)CCc2ccsc2)cc1C(=O)O. The summed E-state index contributed by atoms with van der Waals surface area (Å²) in [6.45, 7) is 1.79. The van der Waals surface area contributed by atoms with E-state index in [1.165, 1.54) is 6.07 Å². The molecule has 0 fully saturated rings. The maximum atomic E-state index is 11.7. The molecular weight excluding hydrogens is 278 g/mol. The van der Waals surface area contributed by atoms with Crippen molar-refractivity contribution < 1.29 is 19.1 Å². The van der Waals surface area contributed by atoms with E-state index in [1.807, 2.05) is 16.8 Å². The van der Waals surface area contributed by atoms with Gasteiger partial charge in [0, 0.05) is 6.42 Å². The number of rotatable bonds is 6. The summed E-state index contributed by atoms with van der Waals surface area (Å²) in [5, 5.41) is 15.6. The third kappa shape index (κ3) is 3.71. The molecule has 0 atom stereocenters. The van der Waals surface area contributed by atoms with Crippen LogP contribution in [0.4, 0.5) is 0 Å². The van der Waals surface area contributed by atoms with Gasteiger partial charge in [-0.25, -0.2) is 4.79 Å². The fourth-order valence-corrected chi connectivity index (χ4v) is 2.51. The summed E-state index contributed by atoms with van der Waals surface area (Å²) in [6, 6.07) is 3.43. The Morgan fingerprint density at radius 3 is 2.85 bits per heavy atom. The quantitative estimate of drug-likeness (QED) is 0.858. The van der Waals surface area contributed by atoms with Gasteiger partial charge in [0.05, 0.1) is 6.54 Å². The second-order valence-electron chi connectivity index (χ2n) is 4.40. The Hall–Kier alpha value is -2.08. The van der Waals surface area contributed by atoms with Crippen molar-refractivity contribution in [2.24, 2.45) is 0 Å². The van der Waals surface area contributed by atoms with E-state index in [9.17, 15) is 9.59 Å². The van der Waals surface area contributed by atoms with Crippen LogP contribution in [0.25, 0.3) is 0 Å². The van der Waals surface area contributed by atoms with E-state index in [0.717, 1.165) is 5.56 Å². The van der Waals surface area contributed by atoms with Crippen LogP contribution in [0.3, 0.4) is 0 Å². The van der Waals surface area contributed by atoms with E-state index < -0.39 is 5.97 Å². The van der Waals surface area contributed by atoms with Crippen molar-refractivity contribution in [1.29, 1.82) is 0 Å².